The molecular formula is C29H30F3N3O3. The Hall–Kier alpha value is -3.72. The Balaban J connectivity index is 1.29. The second kappa shape index (κ2) is 12.2. The van der Waals surface area contributed by atoms with Gasteiger partial charge in [0.15, 0.2) is 0 Å². The summed E-state index contributed by atoms with van der Waals surface area (Å²) in [6.45, 7) is 1.09. The third-order valence-corrected chi connectivity index (χ3v) is 6.74. The molecule has 1 atom stereocenters. The van der Waals surface area contributed by atoms with Gasteiger partial charge in [-0.1, -0.05) is 30.3 Å². The predicted octanol–water partition coefficient (Wildman–Crippen LogP) is 5.85. The number of pyridine rings is 1. The number of anilines is 2. The van der Waals surface area contributed by atoms with Gasteiger partial charge in [0.2, 0.25) is 5.91 Å². The molecule has 1 saturated heterocycles. The molecule has 1 amide bonds. The first-order chi connectivity index (χ1) is 18.2. The van der Waals surface area contributed by atoms with E-state index in [2.05, 4.69) is 15.6 Å². The highest BCUT2D eigenvalue weighted by Crippen LogP contribution is 2.36. The largest absolute Gasteiger partial charge is 0.418 e. The van der Waals surface area contributed by atoms with Crippen molar-refractivity contribution in [2.75, 3.05) is 18.5 Å². The molecule has 0 unspecified atom stereocenters. The fraction of sp³-hybridized carbons (Fsp3) is 0.345. The molecule has 0 saturated carbocycles. The lowest BCUT2D eigenvalue weighted by atomic mass is 9.80. The SMILES string of the molecule is O=C(CCC[C@@]1(C(=O)NCc2ccc(Nc3ccccc3C(F)(F)F)cc2)CCOC1)Cc1cccnc1. The van der Waals surface area contributed by atoms with Crippen molar-refractivity contribution in [1.29, 1.82) is 0 Å². The van der Waals surface area contributed by atoms with Crippen molar-refractivity contribution < 1.29 is 27.5 Å². The number of amides is 1. The Morgan fingerprint density at radius 3 is 2.47 bits per heavy atom. The highest BCUT2D eigenvalue weighted by Gasteiger charge is 2.41. The van der Waals surface area contributed by atoms with E-state index in [1.54, 1.807) is 48.8 Å². The Morgan fingerprint density at radius 1 is 1.00 bits per heavy atom. The predicted molar refractivity (Wildman–Crippen MR) is 138 cm³/mol. The van der Waals surface area contributed by atoms with Crippen LogP contribution in [0.5, 0.6) is 0 Å². The Labute approximate surface area is 219 Å². The Kier molecular flexibility index (Phi) is 8.78. The van der Waals surface area contributed by atoms with Crippen LogP contribution in [0.25, 0.3) is 0 Å². The van der Waals surface area contributed by atoms with Crippen LogP contribution in [0.15, 0.2) is 73.1 Å². The number of ketones is 1. The van der Waals surface area contributed by atoms with E-state index in [1.165, 1.54) is 12.1 Å². The molecule has 1 aliphatic heterocycles. The number of hydrogen-bond donors (Lipinski definition) is 2. The molecule has 9 heteroatoms. The molecule has 1 fully saturated rings. The van der Waals surface area contributed by atoms with Crippen LogP contribution in [0, 0.1) is 5.41 Å². The minimum Gasteiger partial charge on any atom is -0.380 e. The molecule has 0 bridgehead atoms. The van der Waals surface area contributed by atoms with Gasteiger partial charge in [0.1, 0.15) is 5.78 Å². The third kappa shape index (κ3) is 7.19. The van der Waals surface area contributed by atoms with Crippen LogP contribution in [0.1, 0.15) is 42.4 Å². The first-order valence-electron chi connectivity index (χ1n) is 12.5. The van der Waals surface area contributed by atoms with E-state index >= 15 is 0 Å². The fourth-order valence-electron chi connectivity index (χ4n) is 4.61. The van der Waals surface area contributed by atoms with Crippen molar-refractivity contribution in [3.05, 3.63) is 89.7 Å². The zero-order chi connectivity index (χ0) is 27.0. The number of ether oxygens (including phenoxy) is 1. The zero-order valence-corrected chi connectivity index (χ0v) is 20.9. The Morgan fingerprint density at radius 2 is 1.79 bits per heavy atom. The highest BCUT2D eigenvalue weighted by atomic mass is 19.4. The average molecular weight is 526 g/mol. The van der Waals surface area contributed by atoms with Gasteiger partial charge in [-0.15, -0.1) is 0 Å². The molecule has 0 radical (unpaired) electrons. The highest BCUT2D eigenvalue weighted by molar-refractivity contribution is 5.83. The second-order valence-electron chi connectivity index (χ2n) is 9.56. The van der Waals surface area contributed by atoms with Crippen LogP contribution >= 0.6 is 0 Å². The minimum atomic E-state index is -4.46. The number of aromatic nitrogens is 1. The fourth-order valence-corrected chi connectivity index (χ4v) is 4.61. The maximum absolute atomic E-state index is 13.2. The van der Waals surface area contributed by atoms with Crippen LogP contribution in [0.2, 0.25) is 0 Å². The van der Waals surface area contributed by atoms with E-state index < -0.39 is 17.2 Å². The summed E-state index contributed by atoms with van der Waals surface area (Å²) in [7, 11) is 0. The molecule has 1 aliphatic rings. The van der Waals surface area contributed by atoms with Gasteiger partial charge in [0.25, 0.3) is 0 Å². The lowest BCUT2D eigenvalue weighted by Crippen LogP contribution is -2.41. The molecule has 2 aromatic carbocycles. The first-order valence-corrected chi connectivity index (χ1v) is 12.5. The van der Waals surface area contributed by atoms with E-state index in [-0.39, 0.29) is 23.9 Å². The summed E-state index contributed by atoms with van der Waals surface area (Å²) in [5.41, 5.74) is 0.765. The lowest BCUT2D eigenvalue weighted by molar-refractivity contribution is -0.137. The number of hydrogen-bond acceptors (Lipinski definition) is 5. The third-order valence-electron chi connectivity index (χ3n) is 6.74. The van der Waals surface area contributed by atoms with Crippen LogP contribution in [0.4, 0.5) is 24.5 Å². The van der Waals surface area contributed by atoms with Gasteiger partial charge in [-0.05, 0) is 60.7 Å². The number of carbonyl (C=O) groups excluding carboxylic acids is 2. The first kappa shape index (κ1) is 27.3. The van der Waals surface area contributed by atoms with Gasteiger partial charge in [-0.2, -0.15) is 13.2 Å². The molecule has 2 N–H and O–H groups in total. The molecule has 1 aromatic heterocycles. The van der Waals surface area contributed by atoms with Crippen LogP contribution < -0.4 is 10.6 Å². The smallest absolute Gasteiger partial charge is 0.380 e. The number of nitrogens with zero attached hydrogens (tertiary/aromatic N) is 1. The van der Waals surface area contributed by atoms with Gasteiger partial charge in [-0.3, -0.25) is 14.6 Å². The average Bonchev–Trinajstić information content (AvgIpc) is 3.38. The summed E-state index contributed by atoms with van der Waals surface area (Å²) in [6.07, 6.45) is 1.35. The number of Topliss-reactive ketones (excluding diaryl/α,β-unsaturated/α-hetero) is 1. The molecule has 38 heavy (non-hydrogen) atoms. The van der Waals surface area contributed by atoms with Crippen LogP contribution in [-0.4, -0.2) is 29.9 Å². The molecule has 3 aromatic rings. The van der Waals surface area contributed by atoms with Gasteiger partial charge >= 0.3 is 6.18 Å². The number of nitrogens with one attached hydrogen (secondary N) is 2. The number of halogens is 3. The van der Waals surface area contributed by atoms with Gasteiger partial charge in [0, 0.05) is 44.1 Å². The molecule has 2 heterocycles. The number of carbonyl (C=O) groups is 2. The molecule has 0 spiro atoms. The standard InChI is InChI=1S/C29H30F3N3O3/c30-29(31,32)25-7-1-2-8-26(25)35-23-11-9-21(10-12-23)19-34-27(37)28(14-16-38-20-28)13-3-6-24(36)17-22-5-4-15-33-18-22/h1-2,4-5,7-12,15,18,35H,3,6,13-14,16-17,19-20H2,(H,34,37)/t28-/m1/s1. The van der Waals surface area contributed by atoms with Gasteiger partial charge in [0.05, 0.1) is 23.3 Å². The van der Waals surface area contributed by atoms with Crippen LogP contribution in [0.3, 0.4) is 0 Å². The summed E-state index contributed by atoms with van der Waals surface area (Å²) in [6, 6.07) is 15.8. The van der Waals surface area contributed by atoms with E-state index in [4.69, 9.17) is 4.74 Å². The summed E-state index contributed by atoms with van der Waals surface area (Å²) in [4.78, 5) is 29.5. The lowest BCUT2D eigenvalue weighted by Gasteiger charge is -2.26. The molecule has 4 rings (SSSR count). The van der Waals surface area contributed by atoms with Gasteiger partial charge < -0.3 is 15.4 Å². The zero-order valence-electron chi connectivity index (χ0n) is 20.9. The molecular weight excluding hydrogens is 495 g/mol. The number of benzene rings is 2. The number of para-hydroxylation sites is 1. The van der Waals surface area contributed by atoms with Crippen LogP contribution in [-0.2, 0) is 33.5 Å². The quantitative estimate of drug-likeness (QED) is 0.328. The molecule has 200 valence electrons. The summed E-state index contributed by atoms with van der Waals surface area (Å²) < 4.78 is 45.3. The van der Waals surface area contributed by atoms with Gasteiger partial charge in [-0.25, -0.2) is 0 Å². The Bertz CT molecular complexity index is 1230. The molecule has 6 nitrogen and oxygen atoms in total. The summed E-state index contributed by atoms with van der Waals surface area (Å²) in [5, 5.41) is 5.79. The number of alkyl halides is 3. The van der Waals surface area contributed by atoms with E-state index in [9.17, 15) is 22.8 Å². The normalized spacial score (nSPS) is 17.2. The van der Waals surface area contributed by atoms with Crippen molar-refractivity contribution >= 4 is 23.1 Å². The van der Waals surface area contributed by atoms with Crippen molar-refractivity contribution in [3.8, 4) is 0 Å². The maximum Gasteiger partial charge on any atom is 0.418 e. The topological polar surface area (TPSA) is 80.3 Å². The maximum atomic E-state index is 13.2. The van der Waals surface area contributed by atoms with Crippen molar-refractivity contribution in [1.82, 2.24) is 10.3 Å². The summed E-state index contributed by atoms with van der Waals surface area (Å²) in [5.74, 6) is -0.00459. The van der Waals surface area contributed by atoms with Crippen molar-refractivity contribution in [3.63, 3.8) is 0 Å². The number of rotatable bonds is 11. The van der Waals surface area contributed by atoms with E-state index in [0.717, 1.165) is 17.2 Å². The summed E-state index contributed by atoms with van der Waals surface area (Å²) >= 11 is 0. The van der Waals surface area contributed by atoms with Crippen molar-refractivity contribution in [2.24, 2.45) is 5.41 Å². The monoisotopic (exact) mass is 525 g/mol. The van der Waals surface area contributed by atoms with Crippen molar-refractivity contribution in [2.45, 2.75) is 44.8 Å². The second-order valence-corrected chi connectivity index (χ2v) is 9.56. The van der Waals surface area contributed by atoms with E-state index in [1.807, 2.05) is 6.07 Å². The molecule has 0 aliphatic carbocycles. The minimum absolute atomic E-state index is 0.0249. The van der Waals surface area contributed by atoms with E-state index in [0.29, 0.717) is 51.0 Å².